The van der Waals surface area contributed by atoms with Crippen molar-refractivity contribution in [1.82, 2.24) is 25.0 Å². The van der Waals surface area contributed by atoms with Gasteiger partial charge in [-0.05, 0) is 5.92 Å². The molecule has 0 radical (unpaired) electrons. The van der Waals surface area contributed by atoms with Gasteiger partial charge in [0.1, 0.15) is 12.2 Å². The van der Waals surface area contributed by atoms with Crippen molar-refractivity contribution in [2.45, 2.75) is 32.9 Å². The number of nitrogens with zero attached hydrogens (tertiary/aromatic N) is 4. The quantitative estimate of drug-likeness (QED) is 0.834. The van der Waals surface area contributed by atoms with Gasteiger partial charge < -0.3 is 5.32 Å². The lowest BCUT2D eigenvalue weighted by Gasteiger charge is -2.39. The predicted molar refractivity (Wildman–Crippen MR) is 67.5 cm³/mol. The fourth-order valence-corrected chi connectivity index (χ4v) is 2.44. The molecule has 1 aromatic rings. The zero-order valence-corrected chi connectivity index (χ0v) is 11.1. The number of aromatic nitrogens is 3. The summed E-state index contributed by atoms with van der Waals surface area (Å²) >= 11 is 0. The zero-order valence-electron chi connectivity index (χ0n) is 11.1. The fourth-order valence-electron chi connectivity index (χ4n) is 2.44. The number of nitrogens with one attached hydrogen (secondary N) is 1. The fraction of sp³-hybridized carbons (Fsp3) is 0.833. The lowest BCUT2D eigenvalue weighted by molar-refractivity contribution is 0.105. The molecule has 0 saturated carbocycles. The summed E-state index contributed by atoms with van der Waals surface area (Å²) in [4.78, 5) is 6.86. The van der Waals surface area contributed by atoms with Crippen LogP contribution in [0.3, 0.4) is 0 Å². The monoisotopic (exact) mass is 237 g/mol. The van der Waals surface area contributed by atoms with E-state index in [0.29, 0.717) is 6.04 Å². The second-order valence-electron chi connectivity index (χ2n) is 4.93. The van der Waals surface area contributed by atoms with Crippen LogP contribution in [0.4, 0.5) is 0 Å². The highest BCUT2D eigenvalue weighted by molar-refractivity contribution is 4.89. The Morgan fingerprint density at radius 2 is 2.41 bits per heavy atom. The van der Waals surface area contributed by atoms with Gasteiger partial charge in [0.2, 0.25) is 0 Å². The van der Waals surface area contributed by atoms with Gasteiger partial charge in [-0.25, -0.2) is 4.98 Å². The highest BCUT2D eigenvalue weighted by Gasteiger charge is 2.27. The molecule has 2 rings (SSSR count). The predicted octanol–water partition coefficient (Wildman–Crippen LogP) is 0.635. The molecule has 0 spiro atoms. The van der Waals surface area contributed by atoms with Crippen LogP contribution in [0.1, 0.15) is 26.1 Å². The second-order valence-corrected chi connectivity index (χ2v) is 4.93. The van der Waals surface area contributed by atoms with Crippen LogP contribution in [0, 0.1) is 5.92 Å². The van der Waals surface area contributed by atoms with Crippen molar-refractivity contribution in [3.63, 3.8) is 0 Å². The number of piperazine rings is 1. The van der Waals surface area contributed by atoms with E-state index in [1.165, 1.54) is 6.42 Å². The lowest BCUT2D eigenvalue weighted by atomic mass is 9.96. The number of hydrogen-bond acceptors (Lipinski definition) is 4. The Hall–Kier alpha value is -0.940. The van der Waals surface area contributed by atoms with Gasteiger partial charge in [-0.15, -0.1) is 0 Å². The Balaban J connectivity index is 2.04. The van der Waals surface area contributed by atoms with E-state index in [0.717, 1.165) is 37.9 Å². The molecule has 0 bridgehead atoms. The summed E-state index contributed by atoms with van der Waals surface area (Å²) in [6.45, 7) is 8.77. The first kappa shape index (κ1) is 12.5. The Kier molecular flexibility index (Phi) is 4.12. The highest BCUT2D eigenvalue weighted by Crippen LogP contribution is 2.18. The summed E-state index contributed by atoms with van der Waals surface area (Å²) in [6.07, 6.45) is 2.86. The van der Waals surface area contributed by atoms with E-state index >= 15 is 0 Å². The maximum atomic E-state index is 4.32. The molecule has 2 unspecified atom stereocenters. The number of aryl methyl sites for hydroxylation is 1. The molecule has 1 aliphatic heterocycles. The van der Waals surface area contributed by atoms with Gasteiger partial charge in [-0.1, -0.05) is 20.3 Å². The summed E-state index contributed by atoms with van der Waals surface area (Å²) in [5.74, 6) is 1.77. The van der Waals surface area contributed by atoms with E-state index in [2.05, 4.69) is 34.1 Å². The molecular formula is C12H23N5. The molecule has 1 N–H and O–H groups in total. The number of rotatable bonds is 4. The van der Waals surface area contributed by atoms with Gasteiger partial charge in [0.25, 0.3) is 0 Å². The topological polar surface area (TPSA) is 46.0 Å². The van der Waals surface area contributed by atoms with Gasteiger partial charge in [0.05, 0.1) is 6.54 Å². The van der Waals surface area contributed by atoms with Gasteiger partial charge >= 0.3 is 0 Å². The SMILES string of the molecule is CCC(C)C1CNCCN1Cc1ncnn1C. The van der Waals surface area contributed by atoms with E-state index in [9.17, 15) is 0 Å². The third kappa shape index (κ3) is 2.84. The second kappa shape index (κ2) is 5.60. The standard InChI is InChI=1S/C12H23N5/c1-4-10(2)11-7-13-5-6-17(11)8-12-14-9-15-16(12)3/h9-11,13H,4-8H2,1-3H3. The Bertz CT molecular complexity index is 348. The molecule has 0 aliphatic carbocycles. The van der Waals surface area contributed by atoms with Crippen molar-refractivity contribution in [2.24, 2.45) is 13.0 Å². The van der Waals surface area contributed by atoms with Crippen LogP contribution in [0.2, 0.25) is 0 Å². The first-order chi connectivity index (χ1) is 8.22. The van der Waals surface area contributed by atoms with Crippen molar-refractivity contribution >= 4 is 0 Å². The van der Waals surface area contributed by atoms with Crippen LogP contribution >= 0.6 is 0 Å². The average Bonchev–Trinajstić information content (AvgIpc) is 2.75. The molecule has 0 aromatic carbocycles. The van der Waals surface area contributed by atoms with Crippen molar-refractivity contribution < 1.29 is 0 Å². The minimum absolute atomic E-state index is 0.616. The third-order valence-electron chi connectivity index (χ3n) is 3.85. The van der Waals surface area contributed by atoms with Gasteiger partial charge in [-0.3, -0.25) is 9.58 Å². The summed E-state index contributed by atoms with van der Waals surface area (Å²) in [5.41, 5.74) is 0. The van der Waals surface area contributed by atoms with Crippen LogP contribution in [0.5, 0.6) is 0 Å². The number of hydrogen-bond donors (Lipinski definition) is 1. The summed E-state index contributed by atoms with van der Waals surface area (Å²) in [7, 11) is 1.96. The average molecular weight is 237 g/mol. The van der Waals surface area contributed by atoms with E-state index in [1.54, 1.807) is 6.33 Å². The molecule has 17 heavy (non-hydrogen) atoms. The van der Waals surface area contributed by atoms with Crippen LogP contribution in [-0.4, -0.2) is 45.3 Å². The van der Waals surface area contributed by atoms with Gasteiger partial charge in [-0.2, -0.15) is 5.10 Å². The van der Waals surface area contributed by atoms with E-state index < -0.39 is 0 Å². The summed E-state index contributed by atoms with van der Waals surface area (Å²) in [6, 6.07) is 0.616. The van der Waals surface area contributed by atoms with Crippen LogP contribution in [-0.2, 0) is 13.6 Å². The van der Waals surface area contributed by atoms with Gasteiger partial charge in [0, 0.05) is 32.7 Å². The van der Waals surface area contributed by atoms with Crippen molar-refractivity contribution in [3.8, 4) is 0 Å². The molecule has 1 saturated heterocycles. The lowest BCUT2D eigenvalue weighted by Crippen LogP contribution is -2.53. The first-order valence-electron chi connectivity index (χ1n) is 6.50. The Labute approximate surface area is 103 Å². The molecule has 1 aromatic heterocycles. The Morgan fingerprint density at radius 3 is 3.06 bits per heavy atom. The minimum atomic E-state index is 0.616. The van der Waals surface area contributed by atoms with E-state index in [4.69, 9.17) is 0 Å². The molecule has 96 valence electrons. The first-order valence-corrected chi connectivity index (χ1v) is 6.50. The van der Waals surface area contributed by atoms with Crippen molar-refractivity contribution in [2.75, 3.05) is 19.6 Å². The van der Waals surface area contributed by atoms with Gasteiger partial charge in [0.15, 0.2) is 0 Å². The third-order valence-corrected chi connectivity index (χ3v) is 3.85. The highest BCUT2D eigenvalue weighted by atomic mass is 15.3. The molecule has 1 fully saturated rings. The van der Waals surface area contributed by atoms with E-state index in [-0.39, 0.29) is 0 Å². The summed E-state index contributed by atoms with van der Waals surface area (Å²) < 4.78 is 1.87. The largest absolute Gasteiger partial charge is 0.314 e. The molecule has 1 aliphatic rings. The minimum Gasteiger partial charge on any atom is -0.314 e. The molecule has 2 heterocycles. The Morgan fingerprint density at radius 1 is 1.59 bits per heavy atom. The molecule has 2 atom stereocenters. The van der Waals surface area contributed by atoms with Crippen LogP contribution in [0.15, 0.2) is 6.33 Å². The molecule has 0 amide bonds. The van der Waals surface area contributed by atoms with Crippen molar-refractivity contribution in [3.05, 3.63) is 12.2 Å². The van der Waals surface area contributed by atoms with Crippen molar-refractivity contribution in [1.29, 1.82) is 0 Å². The maximum Gasteiger partial charge on any atom is 0.140 e. The normalized spacial score (nSPS) is 23.8. The van der Waals surface area contributed by atoms with E-state index in [1.807, 2.05) is 11.7 Å². The van der Waals surface area contributed by atoms with Crippen LogP contribution in [0.25, 0.3) is 0 Å². The summed E-state index contributed by atoms with van der Waals surface area (Å²) in [5, 5.41) is 7.63. The molecular weight excluding hydrogens is 214 g/mol. The van der Waals surface area contributed by atoms with Crippen LogP contribution < -0.4 is 5.32 Å². The maximum absolute atomic E-state index is 4.32. The zero-order chi connectivity index (χ0) is 12.3. The smallest absolute Gasteiger partial charge is 0.140 e. The molecule has 5 nitrogen and oxygen atoms in total. The molecule has 5 heteroatoms.